The second-order valence-electron chi connectivity index (χ2n) is 6.12. The van der Waals surface area contributed by atoms with Gasteiger partial charge in [0.05, 0.1) is 16.9 Å². The number of thiazole rings is 2. The van der Waals surface area contributed by atoms with Gasteiger partial charge in [-0.3, -0.25) is 4.90 Å². The highest BCUT2D eigenvalue weighted by molar-refractivity contribution is 7.14. The first-order chi connectivity index (χ1) is 12.3. The van der Waals surface area contributed by atoms with Crippen molar-refractivity contribution in [1.82, 2.24) is 14.9 Å². The van der Waals surface area contributed by atoms with Gasteiger partial charge in [-0.2, -0.15) is 0 Å². The van der Waals surface area contributed by atoms with Crippen LogP contribution in [0.2, 0.25) is 0 Å². The number of hydrogen-bond donors (Lipinski definition) is 0. The SMILES string of the molecule is Fc1ccc(-c2csc(N3CCCN(Cc4cscn4)CC3)n2)cc1. The van der Waals surface area contributed by atoms with Crippen LogP contribution in [0.15, 0.2) is 40.5 Å². The van der Waals surface area contributed by atoms with Crippen LogP contribution < -0.4 is 4.90 Å². The summed E-state index contributed by atoms with van der Waals surface area (Å²) in [6.45, 7) is 5.02. The van der Waals surface area contributed by atoms with Crippen molar-refractivity contribution in [3.8, 4) is 11.3 Å². The average molecular weight is 375 g/mol. The zero-order chi connectivity index (χ0) is 17.1. The molecule has 7 heteroatoms. The molecule has 0 radical (unpaired) electrons. The van der Waals surface area contributed by atoms with Gasteiger partial charge in [-0.25, -0.2) is 14.4 Å². The van der Waals surface area contributed by atoms with E-state index in [4.69, 9.17) is 4.98 Å². The third-order valence-electron chi connectivity index (χ3n) is 4.36. The molecule has 25 heavy (non-hydrogen) atoms. The molecule has 0 atom stereocenters. The molecule has 0 unspecified atom stereocenters. The molecule has 0 amide bonds. The van der Waals surface area contributed by atoms with E-state index >= 15 is 0 Å². The quantitative estimate of drug-likeness (QED) is 0.688. The molecule has 0 N–H and O–H groups in total. The van der Waals surface area contributed by atoms with Crippen LogP contribution in [0.5, 0.6) is 0 Å². The predicted octanol–water partition coefficient (Wildman–Crippen LogP) is 4.12. The summed E-state index contributed by atoms with van der Waals surface area (Å²) in [5, 5.41) is 5.23. The molecule has 1 aliphatic rings. The van der Waals surface area contributed by atoms with E-state index in [9.17, 15) is 4.39 Å². The highest BCUT2D eigenvalue weighted by Gasteiger charge is 2.18. The fraction of sp³-hybridized carbons (Fsp3) is 0.333. The van der Waals surface area contributed by atoms with Gasteiger partial charge in [0.15, 0.2) is 5.13 Å². The topological polar surface area (TPSA) is 32.3 Å². The molecule has 0 saturated carbocycles. The van der Waals surface area contributed by atoms with Crippen molar-refractivity contribution in [1.29, 1.82) is 0 Å². The third-order valence-corrected chi connectivity index (χ3v) is 5.90. The molecule has 3 aromatic rings. The summed E-state index contributed by atoms with van der Waals surface area (Å²) >= 11 is 3.32. The van der Waals surface area contributed by atoms with E-state index in [1.807, 2.05) is 5.51 Å². The van der Waals surface area contributed by atoms with Gasteiger partial charge in [0.1, 0.15) is 5.82 Å². The fourth-order valence-electron chi connectivity index (χ4n) is 3.03. The van der Waals surface area contributed by atoms with Crippen molar-refractivity contribution in [3.05, 3.63) is 52.0 Å². The molecule has 0 spiro atoms. The number of hydrogen-bond acceptors (Lipinski definition) is 6. The molecule has 0 bridgehead atoms. The fourth-order valence-corrected chi connectivity index (χ4v) is 4.47. The van der Waals surface area contributed by atoms with Gasteiger partial charge in [-0.1, -0.05) is 0 Å². The molecule has 1 aromatic carbocycles. The maximum atomic E-state index is 13.1. The first-order valence-electron chi connectivity index (χ1n) is 8.34. The van der Waals surface area contributed by atoms with Gasteiger partial charge in [0.25, 0.3) is 0 Å². The van der Waals surface area contributed by atoms with Crippen molar-refractivity contribution in [3.63, 3.8) is 0 Å². The first-order valence-corrected chi connectivity index (χ1v) is 10.2. The standard InChI is InChI=1S/C18H19FN4S2/c19-15-4-2-14(3-5-15)17-12-25-18(21-17)23-7-1-6-22(8-9-23)10-16-11-24-13-20-16/h2-5,11-13H,1,6-10H2. The van der Waals surface area contributed by atoms with Crippen molar-refractivity contribution in [2.24, 2.45) is 0 Å². The lowest BCUT2D eigenvalue weighted by molar-refractivity contribution is 0.282. The monoisotopic (exact) mass is 374 g/mol. The molecule has 1 aliphatic heterocycles. The van der Waals surface area contributed by atoms with Gasteiger partial charge in [0.2, 0.25) is 0 Å². The van der Waals surface area contributed by atoms with Crippen LogP contribution >= 0.6 is 22.7 Å². The van der Waals surface area contributed by atoms with Crippen molar-refractivity contribution in [2.45, 2.75) is 13.0 Å². The van der Waals surface area contributed by atoms with Crippen molar-refractivity contribution >= 4 is 27.8 Å². The average Bonchev–Trinajstić information content (AvgIpc) is 3.25. The second kappa shape index (κ2) is 7.59. The summed E-state index contributed by atoms with van der Waals surface area (Å²) in [6, 6.07) is 6.53. The van der Waals surface area contributed by atoms with Gasteiger partial charge in [0, 0.05) is 49.0 Å². The van der Waals surface area contributed by atoms with Crippen LogP contribution in [0.4, 0.5) is 9.52 Å². The molecule has 4 nitrogen and oxygen atoms in total. The Labute approximate surface area is 154 Å². The van der Waals surface area contributed by atoms with E-state index < -0.39 is 0 Å². The Kier molecular flexibility index (Phi) is 5.05. The smallest absolute Gasteiger partial charge is 0.185 e. The van der Waals surface area contributed by atoms with Gasteiger partial charge >= 0.3 is 0 Å². The highest BCUT2D eigenvalue weighted by Crippen LogP contribution is 2.28. The lowest BCUT2D eigenvalue weighted by Crippen LogP contribution is -2.30. The lowest BCUT2D eigenvalue weighted by Gasteiger charge is -2.20. The Morgan fingerprint density at radius 2 is 1.92 bits per heavy atom. The van der Waals surface area contributed by atoms with E-state index in [1.54, 1.807) is 34.8 Å². The molecule has 1 saturated heterocycles. The van der Waals surface area contributed by atoms with Crippen LogP contribution in [0.25, 0.3) is 11.3 Å². The summed E-state index contributed by atoms with van der Waals surface area (Å²) in [5.74, 6) is -0.216. The van der Waals surface area contributed by atoms with E-state index in [2.05, 4.69) is 25.5 Å². The maximum Gasteiger partial charge on any atom is 0.185 e. The summed E-state index contributed by atoms with van der Waals surface area (Å²) in [5.41, 5.74) is 4.94. The van der Waals surface area contributed by atoms with Crippen molar-refractivity contribution in [2.75, 3.05) is 31.1 Å². The minimum atomic E-state index is -0.216. The van der Waals surface area contributed by atoms with Crippen LogP contribution in [0.1, 0.15) is 12.1 Å². The summed E-state index contributed by atoms with van der Waals surface area (Å²) in [4.78, 5) is 14.0. The van der Waals surface area contributed by atoms with Crippen LogP contribution in [-0.4, -0.2) is 41.0 Å². The van der Waals surface area contributed by atoms with E-state index in [1.165, 1.54) is 12.1 Å². The zero-order valence-corrected chi connectivity index (χ0v) is 15.4. The predicted molar refractivity (Wildman–Crippen MR) is 102 cm³/mol. The molecule has 0 aliphatic carbocycles. The Bertz CT molecular complexity index is 801. The van der Waals surface area contributed by atoms with Gasteiger partial charge in [-0.15, -0.1) is 22.7 Å². The lowest BCUT2D eigenvalue weighted by atomic mass is 10.2. The van der Waals surface area contributed by atoms with E-state index in [0.29, 0.717) is 0 Å². The molecule has 4 rings (SSSR count). The van der Waals surface area contributed by atoms with Crippen LogP contribution in [0, 0.1) is 5.82 Å². The number of benzene rings is 1. The Balaban J connectivity index is 1.41. The Morgan fingerprint density at radius 1 is 1.04 bits per heavy atom. The van der Waals surface area contributed by atoms with E-state index in [0.717, 1.165) is 61.2 Å². The molecular formula is C18H19FN4S2. The maximum absolute atomic E-state index is 13.1. The Hall–Kier alpha value is -1.83. The molecule has 3 heterocycles. The number of rotatable bonds is 4. The molecule has 130 valence electrons. The minimum absolute atomic E-state index is 0.216. The number of nitrogens with zero attached hydrogens (tertiary/aromatic N) is 4. The van der Waals surface area contributed by atoms with Gasteiger partial charge in [-0.05, 0) is 30.7 Å². The number of aromatic nitrogens is 2. The summed E-state index contributed by atoms with van der Waals surface area (Å²) in [7, 11) is 0. The summed E-state index contributed by atoms with van der Waals surface area (Å²) < 4.78 is 13.1. The highest BCUT2D eigenvalue weighted by atomic mass is 32.1. The molecule has 2 aromatic heterocycles. The first kappa shape index (κ1) is 16.6. The van der Waals surface area contributed by atoms with Crippen LogP contribution in [0.3, 0.4) is 0 Å². The third kappa shape index (κ3) is 4.05. The zero-order valence-electron chi connectivity index (χ0n) is 13.8. The largest absolute Gasteiger partial charge is 0.347 e. The van der Waals surface area contributed by atoms with Crippen molar-refractivity contribution < 1.29 is 4.39 Å². The normalized spacial score (nSPS) is 16.1. The molecular weight excluding hydrogens is 355 g/mol. The summed E-state index contributed by atoms with van der Waals surface area (Å²) in [6.07, 6.45) is 1.12. The number of halogens is 1. The second-order valence-corrected chi connectivity index (χ2v) is 7.67. The van der Waals surface area contributed by atoms with E-state index in [-0.39, 0.29) is 5.82 Å². The molecule has 1 fully saturated rings. The number of anilines is 1. The Morgan fingerprint density at radius 3 is 2.72 bits per heavy atom. The van der Waals surface area contributed by atoms with Crippen LogP contribution in [-0.2, 0) is 6.54 Å². The van der Waals surface area contributed by atoms with Gasteiger partial charge < -0.3 is 4.90 Å². The minimum Gasteiger partial charge on any atom is -0.347 e.